The Hall–Kier alpha value is 0.0900. The molecule has 0 N–H and O–H groups in total. The molecule has 0 aliphatic rings. The van der Waals surface area contributed by atoms with Crippen molar-refractivity contribution in [1.82, 2.24) is 0 Å². The van der Waals surface area contributed by atoms with Gasteiger partial charge in [-0.15, -0.1) is 34.8 Å². The number of alkyl halides is 3. The second-order valence-corrected chi connectivity index (χ2v) is 5.26. The summed E-state index contributed by atoms with van der Waals surface area (Å²) in [5.41, 5.74) is 1.32. The predicted octanol–water partition coefficient (Wildman–Crippen LogP) is 4.67. The highest BCUT2D eigenvalue weighted by Crippen LogP contribution is 2.19. The fourth-order valence-corrected chi connectivity index (χ4v) is 2.06. The molecule has 0 aliphatic heterocycles. The normalized spacial score (nSPS) is 13.1. The van der Waals surface area contributed by atoms with Crippen molar-refractivity contribution in [2.24, 2.45) is 5.92 Å². The van der Waals surface area contributed by atoms with E-state index in [-0.39, 0.29) is 4.84 Å². The zero-order chi connectivity index (χ0) is 11.1. The first-order valence-corrected chi connectivity index (χ1v) is 6.51. The van der Waals surface area contributed by atoms with Crippen LogP contribution in [0.1, 0.15) is 18.4 Å². The topological polar surface area (TPSA) is 0 Å². The minimum Gasteiger partial charge on any atom is -0.126 e. The fraction of sp³-hybridized carbons (Fsp3) is 0.500. The monoisotopic (exact) mass is 264 g/mol. The Bertz CT molecular complexity index is 259. The van der Waals surface area contributed by atoms with Gasteiger partial charge in [0.15, 0.2) is 0 Å². The van der Waals surface area contributed by atoms with Gasteiger partial charge in [-0.05, 0) is 30.7 Å². The van der Waals surface area contributed by atoms with Crippen molar-refractivity contribution < 1.29 is 0 Å². The van der Waals surface area contributed by atoms with Crippen molar-refractivity contribution in [2.45, 2.75) is 24.1 Å². The molecule has 0 amide bonds. The quantitative estimate of drug-likeness (QED) is 0.656. The second kappa shape index (κ2) is 7.38. The molecule has 0 aliphatic carbocycles. The van der Waals surface area contributed by atoms with Gasteiger partial charge in [0.25, 0.3) is 0 Å². The number of benzene rings is 1. The van der Waals surface area contributed by atoms with Crippen LogP contribution in [0.5, 0.6) is 0 Å². The third-order valence-electron chi connectivity index (χ3n) is 2.38. The summed E-state index contributed by atoms with van der Waals surface area (Å²) in [4.78, 5) is -0.272. The van der Waals surface area contributed by atoms with E-state index >= 15 is 0 Å². The summed E-state index contributed by atoms with van der Waals surface area (Å²) in [7, 11) is 0. The van der Waals surface area contributed by atoms with Gasteiger partial charge in [0, 0.05) is 5.88 Å². The van der Waals surface area contributed by atoms with Crippen LogP contribution in [0.25, 0.3) is 0 Å². The van der Waals surface area contributed by atoms with Crippen LogP contribution in [-0.2, 0) is 6.42 Å². The first kappa shape index (κ1) is 13.2. The predicted molar refractivity (Wildman–Crippen MR) is 69.1 cm³/mol. The standard InChI is InChI=1S/C12H15Cl3/c13-9-11(6-7-12(14)15)8-10-4-2-1-3-5-10/h1-5,11-12H,6-9H2. The van der Waals surface area contributed by atoms with Crippen molar-refractivity contribution >= 4 is 34.8 Å². The smallest absolute Gasteiger partial charge is 0.107 e. The molecular formula is C12H15Cl3. The highest BCUT2D eigenvalue weighted by atomic mass is 35.5. The van der Waals surface area contributed by atoms with Gasteiger partial charge in [0.1, 0.15) is 4.84 Å². The van der Waals surface area contributed by atoms with E-state index in [0.29, 0.717) is 11.8 Å². The second-order valence-electron chi connectivity index (χ2n) is 3.68. The van der Waals surface area contributed by atoms with Crippen molar-refractivity contribution in [3.05, 3.63) is 35.9 Å². The van der Waals surface area contributed by atoms with Gasteiger partial charge in [-0.2, -0.15) is 0 Å². The third kappa shape index (κ3) is 5.65. The lowest BCUT2D eigenvalue weighted by Crippen LogP contribution is -2.08. The van der Waals surface area contributed by atoms with E-state index < -0.39 is 0 Å². The molecule has 1 unspecified atom stereocenters. The maximum absolute atomic E-state index is 5.91. The summed E-state index contributed by atoms with van der Waals surface area (Å²) in [5, 5.41) is 0. The molecular weight excluding hydrogens is 250 g/mol. The van der Waals surface area contributed by atoms with Crippen LogP contribution in [0.15, 0.2) is 30.3 Å². The van der Waals surface area contributed by atoms with Gasteiger partial charge >= 0.3 is 0 Å². The highest BCUT2D eigenvalue weighted by molar-refractivity contribution is 6.44. The van der Waals surface area contributed by atoms with Crippen molar-refractivity contribution in [3.63, 3.8) is 0 Å². The Balaban J connectivity index is 2.40. The molecule has 0 saturated heterocycles. The maximum Gasteiger partial charge on any atom is 0.107 e. The zero-order valence-electron chi connectivity index (χ0n) is 8.50. The van der Waals surface area contributed by atoms with Crippen LogP contribution in [0, 0.1) is 5.92 Å². The fourth-order valence-electron chi connectivity index (χ4n) is 1.54. The molecule has 1 aromatic carbocycles. The Morgan fingerprint density at radius 1 is 1.00 bits per heavy atom. The molecule has 1 rings (SSSR count). The van der Waals surface area contributed by atoms with Crippen LogP contribution in [-0.4, -0.2) is 10.7 Å². The van der Waals surface area contributed by atoms with Gasteiger partial charge < -0.3 is 0 Å². The average Bonchev–Trinajstić information content (AvgIpc) is 2.25. The van der Waals surface area contributed by atoms with Gasteiger partial charge in [0.05, 0.1) is 0 Å². The summed E-state index contributed by atoms with van der Waals surface area (Å²) >= 11 is 17.3. The first-order chi connectivity index (χ1) is 7.22. The number of halogens is 3. The van der Waals surface area contributed by atoms with Gasteiger partial charge in [-0.1, -0.05) is 30.3 Å². The largest absolute Gasteiger partial charge is 0.126 e. The van der Waals surface area contributed by atoms with E-state index in [1.807, 2.05) is 18.2 Å². The number of hydrogen-bond acceptors (Lipinski definition) is 0. The molecule has 0 radical (unpaired) electrons. The Kier molecular flexibility index (Phi) is 6.47. The molecule has 0 spiro atoms. The SMILES string of the molecule is ClCC(CCC(Cl)Cl)Cc1ccccc1. The van der Waals surface area contributed by atoms with E-state index in [1.165, 1.54) is 5.56 Å². The molecule has 0 heterocycles. The zero-order valence-corrected chi connectivity index (χ0v) is 10.8. The Morgan fingerprint density at radius 2 is 1.67 bits per heavy atom. The lowest BCUT2D eigenvalue weighted by atomic mass is 9.97. The number of hydrogen-bond donors (Lipinski definition) is 0. The third-order valence-corrected chi connectivity index (χ3v) is 3.25. The molecule has 84 valence electrons. The van der Waals surface area contributed by atoms with Crippen LogP contribution in [0.3, 0.4) is 0 Å². The highest BCUT2D eigenvalue weighted by Gasteiger charge is 2.10. The van der Waals surface area contributed by atoms with Gasteiger partial charge in [-0.3, -0.25) is 0 Å². The summed E-state index contributed by atoms with van der Waals surface area (Å²) in [5.74, 6) is 1.13. The van der Waals surface area contributed by atoms with E-state index in [2.05, 4.69) is 12.1 Å². The molecule has 15 heavy (non-hydrogen) atoms. The molecule has 0 aromatic heterocycles. The van der Waals surface area contributed by atoms with Crippen LogP contribution in [0.2, 0.25) is 0 Å². The van der Waals surface area contributed by atoms with Crippen molar-refractivity contribution in [1.29, 1.82) is 0 Å². The minimum absolute atomic E-state index is 0.272. The van der Waals surface area contributed by atoms with E-state index in [1.54, 1.807) is 0 Å². The summed E-state index contributed by atoms with van der Waals surface area (Å²) in [6.07, 6.45) is 2.80. The number of rotatable bonds is 6. The Labute approximate surface area is 107 Å². The van der Waals surface area contributed by atoms with Crippen LogP contribution >= 0.6 is 34.8 Å². The summed E-state index contributed by atoms with van der Waals surface area (Å²) < 4.78 is 0. The summed E-state index contributed by atoms with van der Waals surface area (Å²) in [6.45, 7) is 0. The van der Waals surface area contributed by atoms with E-state index in [9.17, 15) is 0 Å². The maximum atomic E-state index is 5.91. The van der Waals surface area contributed by atoms with Crippen molar-refractivity contribution in [2.75, 3.05) is 5.88 Å². The summed E-state index contributed by atoms with van der Waals surface area (Å²) in [6, 6.07) is 10.4. The van der Waals surface area contributed by atoms with Crippen molar-refractivity contribution in [3.8, 4) is 0 Å². The van der Waals surface area contributed by atoms with Gasteiger partial charge in [0.2, 0.25) is 0 Å². The minimum atomic E-state index is -0.272. The van der Waals surface area contributed by atoms with E-state index in [0.717, 1.165) is 19.3 Å². The van der Waals surface area contributed by atoms with E-state index in [4.69, 9.17) is 34.8 Å². The lowest BCUT2D eigenvalue weighted by Gasteiger charge is -2.13. The van der Waals surface area contributed by atoms with Crippen LogP contribution < -0.4 is 0 Å². The Morgan fingerprint density at radius 3 is 2.20 bits per heavy atom. The molecule has 1 atom stereocenters. The van der Waals surface area contributed by atoms with Crippen LogP contribution in [0.4, 0.5) is 0 Å². The van der Waals surface area contributed by atoms with Gasteiger partial charge in [-0.25, -0.2) is 0 Å². The molecule has 0 fully saturated rings. The molecule has 0 nitrogen and oxygen atoms in total. The lowest BCUT2D eigenvalue weighted by molar-refractivity contribution is 0.524. The molecule has 1 aromatic rings. The first-order valence-electron chi connectivity index (χ1n) is 5.10. The molecule has 0 saturated carbocycles. The average molecular weight is 266 g/mol. The molecule has 0 bridgehead atoms. The molecule has 3 heteroatoms.